The number of rotatable bonds is 5. The van der Waals surface area contributed by atoms with Crippen LogP contribution in [0.15, 0.2) is 30.6 Å². The van der Waals surface area contributed by atoms with Crippen molar-refractivity contribution in [3.05, 3.63) is 36.2 Å². The van der Waals surface area contributed by atoms with Crippen LogP contribution >= 0.6 is 0 Å². The fourth-order valence-electron chi connectivity index (χ4n) is 1.62. The zero-order valence-electron chi connectivity index (χ0n) is 11.6. The Kier molecular flexibility index (Phi) is 4.64. The molecule has 1 heterocycles. The summed E-state index contributed by atoms with van der Waals surface area (Å²) in [5.74, 6) is 0.481. The standard InChI is InChI=1S/C13H14F3N5O/c1-8(20-12-19-7-18-11(17)21-12)6-22-10-4-2-3-9(5-10)13(14,15)16/h2-5,7-8H,6H2,1H3,(H3,17,18,19,20,21). The Labute approximate surface area is 124 Å². The monoisotopic (exact) mass is 313 g/mol. The molecule has 2 rings (SSSR count). The molecule has 118 valence electrons. The lowest BCUT2D eigenvalue weighted by Gasteiger charge is -2.15. The molecule has 0 fully saturated rings. The molecule has 0 spiro atoms. The van der Waals surface area contributed by atoms with Crippen molar-refractivity contribution < 1.29 is 17.9 Å². The van der Waals surface area contributed by atoms with Crippen LogP contribution in [-0.2, 0) is 6.18 Å². The van der Waals surface area contributed by atoms with E-state index in [4.69, 9.17) is 10.5 Å². The molecule has 1 aromatic carbocycles. The first-order valence-electron chi connectivity index (χ1n) is 6.35. The summed E-state index contributed by atoms with van der Waals surface area (Å²) < 4.78 is 43.1. The highest BCUT2D eigenvalue weighted by molar-refractivity contribution is 5.31. The Morgan fingerprint density at radius 2 is 2.09 bits per heavy atom. The van der Waals surface area contributed by atoms with Gasteiger partial charge in [-0.25, -0.2) is 9.97 Å². The first kappa shape index (κ1) is 15.8. The summed E-state index contributed by atoms with van der Waals surface area (Å²) in [5.41, 5.74) is 4.66. The number of hydrogen-bond acceptors (Lipinski definition) is 6. The molecule has 0 amide bonds. The number of nitrogens with two attached hydrogens (primary N) is 1. The molecule has 1 aromatic heterocycles. The highest BCUT2D eigenvalue weighted by Gasteiger charge is 2.30. The van der Waals surface area contributed by atoms with Crippen molar-refractivity contribution in [3.63, 3.8) is 0 Å². The predicted molar refractivity (Wildman–Crippen MR) is 74.3 cm³/mol. The number of nitrogens with zero attached hydrogens (tertiary/aromatic N) is 3. The van der Waals surface area contributed by atoms with Crippen molar-refractivity contribution in [3.8, 4) is 5.75 Å². The summed E-state index contributed by atoms with van der Waals surface area (Å²) in [6, 6.07) is 4.46. The highest BCUT2D eigenvalue weighted by atomic mass is 19.4. The maximum Gasteiger partial charge on any atom is 0.416 e. The van der Waals surface area contributed by atoms with E-state index in [1.165, 1.54) is 18.5 Å². The number of anilines is 2. The minimum Gasteiger partial charge on any atom is -0.491 e. The maximum absolute atomic E-state index is 12.6. The Hall–Kier alpha value is -2.58. The highest BCUT2D eigenvalue weighted by Crippen LogP contribution is 2.31. The van der Waals surface area contributed by atoms with E-state index in [0.717, 1.165) is 12.1 Å². The van der Waals surface area contributed by atoms with Crippen molar-refractivity contribution in [2.45, 2.75) is 19.1 Å². The molecule has 6 nitrogen and oxygen atoms in total. The maximum atomic E-state index is 12.6. The number of hydrogen-bond donors (Lipinski definition) is 2. The van der Waals surface area contributed by atoms with Crippen LogP contribution in [0, 0.1) is 0 Å². The molecular formula is C13H14F3N5O. The Balaban J connectivity index is 1.92. The molecule has 0 aliphatic carbocycles. The van der Waals surface area contributed by atoms with Gasteiger partial charge in [-0.3, -0.25) is 0 Å². The molecule has 0 radical (unpaired) electrons. The fourth-order valence-corrected chi connectivity index (χ4v) is 1.62. The van der Waals surface area contributed by atoms with E-state index in [-0.39, 0.29) is 30.3 Å². The van der Waals surface area contributed by atoms with Gasteiger partial charge in [0, 0.05) is 0 Å². The Morgan fingerprint density at radius 3 is 2.77 bits per heavy atom. The van der Waals surface area contributed by atoms with Gasteiger partial charge >= 0.3 is 6.18 Å². The van der Waals surface area contributed by atoms with Crippen molar-refractivity contribution in [2.24, 2.45) is 0 Å². The number of alkyl halides is 3. The van der Waals surface area contributed by atoms with Crippen molar-refractivity contribution >= 4 is 11.9 Å². The van der Waals surface area contributed by atoms with Gasteiger partial charge < -0.3 is 15.8 Å². The van der Waals surface area contributed by atoms with Crippen molar-refractivity contribution in [1.82, 2.24) is 15.0 Å². The molecule has 1 atom stereocenters. The van der Waals surface area contributed by atoms with Gasteiger partial charge in [0.15, 0.2) is 0 Å². The Bertz CT molecular complexity index is 635. The predicted octanol–water partition coefficient (Wildman–Crippen LogP) is 2.35. The number of ether oxygens (including phenoxy) is 1. The van der Waals surface area contributed by atoms with E-state index >= 15 is 0 Å². The van der Waals surface area contributed by atoms with Gasteiger partial charge in [-0.05, 0) is 25.1 Å². The normalized spacial score (nSPS) is 12.7. The van der Waals surface area contributed by atoms with Crippen molar-refractivity contribution in [1.29, 1.82) is 0 Å². The molecular weight excluding hydrogens is 299 g/mol. The summed E-state index contributed by atoms with van der Waals surface area (Å²) in [7, 11) is 0. The molecule has 0 aliphatic heterocycles. The van der Waals surface area contributed by atoms with E-state index in [9.17, 15) is 13.2 Å². The van der Waals surface area contributed by atoms with Crippen LogP contribution in [0.1, 0.15) is 12.5 Å². The quantitative estimate of drug-likeness (QED) is 0.881. The molecule has 0 bridgehead atoms. The molecule has 0 saturated heterocycles. The minimum absolute atomic E-state index is 0.0727. The molecule has 1 unspecified atom stereocenters. The van der Waals surface area contributed by atoms with Gasteiger partial charge in [-0.15, -0.1) is 0 Å². The van der Waals surface area contributed by atoms with Gasteiger partial charge in [0.2, 0.25) is 11.9 Å². The van der Waals surface area contributed by atoms with Crippen LogP contribution in [0.3, 0.4) is 0 Å². The van der Waals surface area contributed by atoms with Crippen molar-refractivity contribution in [2.75, 3.05) is 17.7 Å². The van der Waals surface area contributed by atoms with E-state index in [1.807, 2.05) is 0 Å². The largest absolute Gasteiger partial charge is 0.491 e. The van der Waals surface area contributed by atoms with Crippen LogP contribution in [-0.4, -0.2) is 27.6 Å². The van der Waals surface area contributed by atoms with Gasteiger partial charge in [-0.1, -0.05) is 6.07 Å². The van der Waals surface area contributed by atoms with Gasteiger partial charge in [0.1, 0.15) is 18.7 Å². The third-order valence-electron chi connectivity index (χ3n) is 2.63. The third kappa shape index (κ3) is 4.47. The number of nitrogens with one attached hydrogen (secondary N) is 1. The van der Waals surface area contributed by atoms with Gasteiger partial charge in [0.05, 0.1) is 11.6 Å². The zero-order valence-corrected chi connectivity index (χ0v) is 11.6. The van der Waals surface area contributed by atoms with E-state index < -0.39 is 11.7 Å². The summed E-state index contributed by atoms with van der Waals surface area (Å²) in [5, 5.41) is 2.91. The minimum atomic E-state index is -4.40. The molecule has 0 aliphatic rings. The van der Waals surface area contributed by atoms with Gasteiger partial charge in [-0.2, -0.15) is 18.2 Å². The van der Waals surface area contributed by atoms with Crippen LogP contribution < -0.4 is 15.8 Å². The molecule has 0 saturated carbocycles. The first-order valence-corrected chi connectivity index (χ1v) is 6.35. The second-order valence-electron chi connectivity index (χ2n) is 4.55. The second-order valence-corrected chi connectivity index (χ2v) is 4.55. The average Bonchev–Trinajstić information content (AvgIpc) is 2.45. The number of benzene rings is 1. The van der Waals surface area contributed by atoms with Crippen LogP contribution in [0.2, 0.25) is 0 Å². The second kappa shape index (κ2) is 6.46. The molecule has 3 N–H and O–H groups in total. The molecule has 2 aromatic rings. The summed E-state index contributed by atoms with van der Waals surface area (Å²) in [6.45, 7) is 1.90. The average molecular weight is 313 g/mol. The van der Waals surface area contributed by atoms with E-state index in [1.54, 1.807) is 6.92 Å². The summed E-state index contributed by atoms with van der Waals surface area (Å²) >= 11 is 0. The number of aromatic nitrogens is 3. The Morgan fingerprint density at radius 1 is 1.32 bits per heavy atom. The van der Waals surface area contributed by atoms with Gasteiger partial charge in [0.25, 0.3) is 0 Å². The summed E-state index contributed by atoms with van der Waals surface area (Å²) in [4.78, 5) is 11.4. The first-order chi connectivity index (χ1) is 10.3. The third-order valence-corrected chi connectivity index (χ3v) is 2.63. The van der Waals surface area contributed by atoms with E-state index in [0.29, 0.717) is 0 Å². The summed E-state index contributed by atoms with van der Waals surface area (Å²) in [6.07, 6.45) is -3.14. The molecule has 9 heteroatoms. The van der Waals surface area contributed by atoms with Crippen LogP contribution in [0.25, 0.3) is 0 Å². The van der Waals surface area contributed by atoms with Crippen LogP contribution in [0.5, 0.6) is 5.75 Å². The molecule has 22 heavy (non-hydrogen) atoms. The topological polar surface area (TPSA) is 86.0 Å². The van der Waals surface area contributed by atoms with E-state index in [2.05, 4.69) is 20.3 Å². The lowest BCUT2D eigenvalue weighted by atomic mass is 10.2. The lowest BCUT2D eigenvalue weighted by Crippen LogP contribution is -2.25. The number of nitrogen functional groups attached to an aromatic ring is 1. The number of halogens is 3. The zero-order chi connectivity index (χ0) is 16.2. The van der Waals surface area contributed by atoms with Crippen LogP contribution in [0.4, 0.5) is 25.1 Å². The smallest absolute Gasteiger partial charge is 0.416 e. The SMILES string of the molecule is CC(COc1cccc(C(F)(F)F)c1)Nc1ncnc(N)n1. The fraction of sp³-hybridized carbons (Fsp3) is 0.308. The lowest BCUT2D eigenvalue weighted by molar-refractivity contribution is -0.137.